The molecule has 2 aromatic carbocycles. The fraction of sp³-hybridized carbons (Fsp3) is 0.300. The fourth-order valence-electron chi connectivity index (χ4n) is 3.19. The Bertz CT molecular complexity index is 810. The minimum atomic E-state index is -0.529. The Kier molecular flexibility index (Phi) is 4.82. The van der Waals surface area contributed by atoms with Gasteiger partial charge in [-0.3, -0.25) is 4.79 Å². The van der Waals surface area contributed by atoms with Gasteiger partial charge in [0.05, 0.1) is 18.1 Å². The molecule has 2 aromatic rings. The molecule has 0 bridgehead atoms. The molecule has 0 atom stereocenters. The molecule has 1 N–H and O–H groups in total. The van der Waals surface area contributed by atoms with Crippen LogP contribution in [0.15, 0.2) is 42.5 Å². The second-order valence-corrected chi connectivity index (χ2v) is 6.85. The molecule has 4 nitrogen and oxygen atoms in total. The molecule has 0 spiro atoms. The zero-order valence-electron chi connectivity index (χ0n) is 14.3. The van der Waals surface area contributed by atoms with E-state index in [2.05, 4.69) is 5.32 Å². The van der Waals surface area contributed by atoms with Gasteiger partial charge in [-0.25, -0.2) is 4.79 Å². The van der Waals surface area contributed by atoms with E-state index in [0.717, 1.165) is 30.4 Å². The first-order valence-corrected chi connectivity index (χ1v) is 8.60. The first-order chi connectivity index (χ1) is 12.0. The van der Waals surface area contributed by atoms with Crippen molar-refractivity contribution in [1.29, 1.82) is 0 Å². The van der Waals surface area contributed by atoms with Gasteiger partial charge >= 0.3 is 5.97 Å². The summed E-state index contributed by atoms with van der Waals surface area (Å²) in [6.07, 6.45) is 2.61. The van der Waals surface area contributed by atoms with E-state index < -0.39 is 11.4 Å². The van der Waals surface area contributed by atoms with Crippen molar-refractivity contribution >= 4 is 29.2 Å². The second kappa shape index (κ2) is 6.89. The van der Waals surface area contributed by atoms with Gasteiger partial charge in [0.2, 0.25) is 5.91 Å². The monoisotopic (exact) mass is 357 g/mol. The molecular weight excluding hydrogens is 338 g/mol. The minimum absolute atomic E-state index is 0.0498. The van der Waals surface area contributed by atoms with E-state index in [1.807, 2.05) is 31.2 Å². The largest absolute Gasteiger partial charge is 0.465 e. The summed E-state index contributed by atoms with van der Waals surface area (Å²) in [5.41, 5.74) is 2.39. The third-order valence-corrected chi connectivity index (χ3v) is 5.20. The van der Waals surface area contributed by atoms with Crippen molar-refractivity contribution in [3.05, 3.63) is 64.2 Å². The SMILES string of the molecule is COC(=O)c1ccc(C)c(NC(=O)C2(c3ccc(Cl)cc3)CCC2)c1. The summed E-state index contributed by atoms with van der Waals surface area (Å²) >= 11 is 5.97. The van der Waals surface area contributed by atoms with Crippen LogP contribution in [0, 0.1) is 6.92 Å². The van der Waals surface area contributed by atoms with E-state index in [1.54, 1.807) is 18.2 Å². The summed E-state index contributed by atoms with van der Waals surface area (Å²) in [6.45, 7) is 1.90. The van der Waals surface area contributed by atoms with Gasteiger partial charge in [-0.05, 0) is 55.2 Å². The van der Waals surface area contributed by atoms with Gasteiger partial charge in [-0.1, -0.05) is 36.2 Å². The highest BCUT2D eigenvalue weighted by atomic mass is 35.5. The molecule has 1 amide bonds. The van der Waals surface area contributed by atoms with Gasteiger partial charge in [0.15, 0.2) is 0 Å². The van der Waals surface area contributed by atoms with Crippen LogP contribution >= 0.6 is 11.6 Å². The van der Waals surface area contributed by atoms with E-state index in [0.29, 0.717) is 16.3 Å². The number of ether oxygens (including phenoxy) is 1. The highest BCUT2D eigenvalue weighted by Crippen LogP contribution is 2.45. The number of hydrogen-bond acceptors (Lipinski definition) is 3. The summed E-state index contributed by atoms with van der Waals surface area (Å²) < 4.78 is 4.75. The molecule has 0 heterocycles. The van der Waals surface area contributed by atoms with Crippen LogP contribution in [0.3, 0.4) is 0 Å². The normalized spacial score (nSPS) is 15.2. The molecule has 1 saturated carbocycles. The van der Waals surface area contributed by atoms with E-state index >= 15 is 0 Å². The molecule has 0 unspecified atom stereocenters. The van der Waals surface area contributed by atoms with Crippen molar-refractivity contribution in [1.82, 2.24) is 0 Å². The number of carbonyl (C=O) groups is 2. The van der Waals surface area contributed by atoms with Gasteiger partial charge in [-0.2, -0.15) is 0 Å². The summed E-state index contributed by atoms with van der Waals surface area (Å²) in [6, 6.07) is 12.6. The first kappa shape index (κ1) is 17.5. The number of rotatable bonds is 4. The third kappa shape index (κ3) is 3.27. The Labute approximate surface area is 152 Å². The lowest BCUT2D eigenvalue weighted by Gasteiger charge is -2.40. The lowest BCUT2D eigenvalue weighted by molar-refractivity contribution is -0.124. The van der Waals surface area contributed by atoms with E-state index in [4.69, 9.17) is 16.3 Å². The number of nitrogens with one attached hydrogen (secondary N) is 1. The van der Waals surface area contributed by atoms with Crippen LogP contribution in [0.5, 0.6) is 0 Å². The summed E-state index contributed by atoms with van der Waals surface area (Å²) in [7, 11) is 1.34. The van der Waals surface area contributed by atoms with Crippen molar-refractivity contribution < 1.29 is 14.3 Å². The molecule has 1 aliphatic rings. The van der Waals surface area contributed by atoms with Gasteiger partial charge in [-0.15, -0.1) is 0 Å². The topological polar surface area (TPSA) is 55.4 Å². The summed E-state index contributed by atoms with van der Waals surface area (Å²) in [5.74, 6) is -0.474. The van der Waals surface area contributed by atoms with Gasteiger partial charge in [0, 0.05) is 10.7 Å². The first-order valence-electron chi connectivity index (χ1n) is 8.23. The molecule has 0 aliphatic heterocycles. The maximum Gasteiger partial charge on any atom is 0.337 e. The molecule has 0 aromatic heterocycles. The number of methoxy groups -OCH3 is 1. The number of amides is 1. The van der Waals surface area contributed by atoms with Crippen LogP contribution in [0.25, 0.3) is 0 Å². The molecule has 130 valence electrons. The van der Waals surface area contributed by atoms with Crippen LogP contribution in [0.2, 0.25) is 5.02 Å². The van der Waals surface area contributed by atoms with E-state index in [1.165, 1.54) is 7.11 Å². The lowest BCUT2D eigenvalue weighted by Crippen LogP contribution is -2.46. The van der Waals surface area contributed by atoms with Crippen molar-refractivity contribution in [2.24, 2.45) is 0 Å². The van der Waals surface area contributed by atoms with Gasteiger partial charge in [0.1, 0.15) is 0 Å². The summed E-state index contributed by atoms with van der Waals surface area (Å²) in [5, 5.41) is 3.66. The molecular formula is C20H20ClNO3. The maximum atomic E-state index is 13.0. The Morgan fingerprint density at radius 3 is 2.36 bits per heavy atom. The Morgan fingerprint density at radius 2 is 1.80 bits per heavy atom. The van der Waals surface area contributed by atoms with E-state index in [9.17, 15) is 9.59 Å². The Hall–Kier alpha value is -2.33. The molecule has 1 aliphatic carbocycles. The average Bonchev–Trinajstić information content (AvgIpc) is 2.57. The van der Waals surface area contributed by atoms with E-state index in [-0.39, 0.29) is 5.91 Å². The number of carbonyl (C=O) groups excluding carboxylic acids is 2. The molecule has 0 saturated heterocycles. The third-order valence-electron chi connectivity index (χ3n) is 4.95. The minimum Gasteiger partial charge on any atom is -0.465 e. The maximum absolute atomic E-state index is 13.0. The van der Waals surface area contributed by atoms with Crippen LogP contribution in [-0.2, 0) is 14.9 Å². The van der Waals surface area contributed by atoms with Crippen LogP contribution in [-0.4, -0.2) is 19.0 Å². The molecule has 0 radical (unpaired) electrons. The van der Waals surface area contributed by atoms with Crippen molar-refractivity contribution in [2.45, 2.75) is 31.6 Å². The van der Waals surface area contributed by atoms with Crippen molar-refractivity contribution in [3.8, 4) is 0 Å². The van der Waals surface area contributed by atoms with Crippen molar-refractivity contribution in [2.75, 3.05) is 12.4 Å². The Morgan fingerprint density at radius 1 is 1.12 bits per heavy atom. The molecule has 1 fully saturated rings. The fourth-order valence-corrected chi connectivity index (χ4v) is 3.32. The lowest BCUT2D eigenvalue weighted by atomic mass is 9.64. The molecule has 3 rings (SSSR count). The molecule has 25 heavy (non-hydrogen) atoms. The second-order valence-electron chi connectivity index (χ2n) is 6.42. The average molecular weight is 358 g/mol. The predicted octanol–water partition coefficient (Wildman–Crippen LogP) is 4.50. The Balaban J connectivity index is 1.88. The van der Waals surface area contributed by atoms with Gasteiger partial charge in [0.25, 0.3) is 0 Å². The smallest absolute Gasteiger partial charge is 0.337 e. The van der Waals surface area contributed by atoms with Gasteiger partial charge < -0.3 is 10.1 Å². The predicted molar refractivity (Wildman–Crippen MR) is 98.1 cm³/mol. The highest BCUT2D eigenvalue weighted by Gasteiger charge is 2.45. The van der Waals surface area contributed by atoms with Crippen LogP contribution < -0.4 is 5.32 Å². The van der Waals surface area contributed by atoms with Crippen molar-refractivity contribution in [3.63, 3.8) is 0 Å². The number of anilines is 1. The standard InChI is InChI=1S/C20H20ClNO3/c1-13-4-5-14(18(23)25-2)12-17(13)22-19(24)20(10-3-11-20)15-6-8-16(21)9-7-15/h4-9,12H,3,10-11H2,1-2H3,(H,22,24). The zero-order valence-corrected chi connectivity index (χ0v) is 15.0. The number of hydrogen-bond donors (Lipinski definition) is 1. The highest BCUT2D eigenvalue weighted by molar-refractivity contribution is 6.30. The quantitative estimate of drug-likeness (QED) is 0.820. The van der Waals surface area contributed by atoms with Crippen LogP contribution in [0.4, 0.5) is 5.69 Å². The number of halogens is 1. The van der Waals surface area contributed by atoms with Crippen LogP contribution in [0.1, 0.15) is 40.7 Å². The number of aryl methyl sites for hydroxylation is 1. The number of benzene rings is 2. The molecule has 5 heteroatoms. The zero-order chi connectivity index (χ0) is 18.0. The summed E-state index contributed by atoms with van der Waals surface area (Å²) in [4.78, 5) is 24.8. The number of esters is 1.